The lowest BCUT2D eigenvalue weighted by molar-refractivity contribution is -0.144. The second-order valence-corrected chi connectivity index (χ2v) is 8.10. The Morgan fingerprint density at radius 3 is 2.45 bits per heavy atom. The number of fused-ring (bicyclic) bond motifs is 1. The molecule has 166 valence electrons. The maximum atomic E-state index is 12.4. The van der Waals surface area contributed by atoms with Crippen molar-refractivity contribution in [2.45, 2.75) is 38.8 Å². The maximum absolute atomic E-state index is 12.4. The van der Waals surface area contributed by atoms with Crippen molar-refractivity contribution in [3.63, 3.8) is 0 Å². The zero-order chi connectivity index (χ0) is 22.2. The monoisotopic (exact) mass is 423 g/mol. The third kappa shape index (κ3) is 6.31. The molecule has 1 N–H and O–H groups in total. The number of amides is 1. The average molecular weight is 424 g/mol. The molecule has 1 atom stereocenters. The first kappa shape index (κ1) is 22.8. The summed E-state index contributed by atoms with van der Waals surface area (Å²) in [7, 11) is 4.05. The van der Waals surface area contributed by atoms with Gasteiger partial charge in [-0.15, -0.1) is 0 Å². The number of hydrogen-bond donors (Lipinski definition) is 1. The fraction of sp³-hybridized carbons (Fsp3) is 0.440. The molecule has 0 aromatic heterocycles. The predicted octanol–water partition coefficient (Wildman–Crippen LogP) is 3.31. The van der Waals surface area contributed by atoms with Crippen LogP contribution in [0.2, 0.25) is 0 Å². The number of nitrogens with zero attached hydrogens (tertiary/aromatic N) is 2. The van der Waals surface area contributed by atoms with Crippen LogP contribution in [0.5, 0.6) is 0 Å². The Kier molecular flexibility index (Phi) is 8.06. The summed E-state index contributed by atoms with van der Waals surface area (Å²) in [6.45, 7) is 4.40. The molecule has 1 amide bonds. The fourth-order valence-corrected chi connectivity index (χ4v) is 3.98. The van der Waals surface area contributed by atoms with Crippen LogP contribution >= 0.6 is 0 Å². The number of rotatable bonds is 9. The summed E-state index contributed by atoms with van der Waals surface area (Å²) in [6, 6.07) is 17.1. The molecule has 0 bridgehead atoms. The van der Waals surface area contributed by atoms with Gasteiger partial charge in [-0.25, -0.2) is 0 Å². The molecule has 0 saturated carbocycles. The summed E-state index contributed by atoms with van der Waals surface area (Å²) in [5.74, 6) is -0.457. The van der Waals surface area contributed by atoms with Crippen molar-refractivity contribution in [1.82, 2.24) is 10.2 Å². The van der Waals surface area contributed by atoms with Crippen LogP contribution in [0, 0.1) is 0 Å². The highest BCUT2D eigenvalue weighted by atomic mass is 16.5. The van der Waals surface area contributed by atoms with Gasteiger partial charge in [0.25, 0.3) is 0 Å². The summed E-state index contributed by atoms with van der Waals surface area (Å²) in [5.41, 5.74) is 5.07. The topological polar surface area (TPSA) is 61.9 Å². The van der Waals surface area contributed by atoms with Gasteiger partial charge in [0.1, 0.15) is 0 Å². The molecule has 2 aromatic carbocycles. The molecule has 1 heterocycles. The Balaban J connectivity index is 1.70. The van der Waals surface area contributed by atoms with Crippen LogP contribution in [0.1, 0.15) is 42.5 Å². The lowest BCUT2D eigenvalue weighted by atomic mass is 9.96. The lowest BCUT2D eigenvalue weighted by Gasteiger charge is -2.36. The zero-order valence-electron chi connectivity index (χ0n) is 18.8. The number of carbonyl (C=O) groups is 2. The van der Waals surface area contributed by atoms with Gasteiger partial charge in [0.2, 0.25) is 5.91 Å². The van der Waals surface area contributed by atoms with Gasteiger partial charge in [0, 0.05) is 45.8 Å². The van der Waals surface area contributed by atoms with E-state index in [1.165, 1.54) is 16.7 Å². The standard InChI is InChI=1S/C25H33N3O3/c1-4-31-25(30)14-13-24(29)26-17-23(20-9-11-22(12-10-20)27(2)3)28-16-15-19-7-5-6-8-21(19)18-28/h5-12,23H,4,13-18H2,1-3H3,(H,26,29). The van der Waals surface area contributed by atoms with Gasteiger partial charge >= 0.3 is 5.97 Å². The maximum Gasteiger partial charge on any atom is 0.306 e. The molecule has 3 rings (SSSR count). The highest BCUT2D eigenvalue weighted by molar-refractivity contribution is 5.81. The van der Waals surface area contributed by atoms with E-state index >= 15 is 0 Å². The minimum atomic E-state index is -0.332. The Bertz CT molecular complexity index is 880. The Morgan fingerprint density at radius 2 is 1.77 bits per heavy atom. The summed E-state index contributed by atoms with van der Waals surface area (Å²) in [5, 5.41) is 3.04. The van der Waals surface area contributed by atoms with Crippen LogP contribution < -0.4 is 10.2 Å². The summed E-state index contributed by atoms with van der Waals surface area (Å²) in [6.07, 6.45) is 1.26. The third-order valence-corrected chi connectivity index (χ3v) is 5.75. The van der Waals surface area contributed by atoms with Crippen molar-refractivity contribution in [2.75, 3.05) is 38.7 Å². The Labute approximate surface area is 185 Å². The van der Waals surface area contributed by atoms with Crippen molar-refractivity contribution >= 4 is 17.6 Å². The van der Waals surface area contributed by atoms with E-state index in [1.54, 1.807) is 6.92 Å². The van der Waals surface area contributed by atoms with Crippen LogP contribution in [0.25, 0.3) is 0 Å². The molecular formula is C25H33N3O3. The zero-order valence-corrected chi connectivity index (χ0v) is 18.8. The highest BCUT2D eigenvalue weighted by Gasteiger charge is 2.25. The van der Waals surface area contributed by atoms with Crippen molar-refractivity contribution in [3.05, 3.63) is 65.2 Å². The van der Waals surface area contributed by atoms with E-state index in [1.807, 2.05) is 14.1 Å². The summed E-state index contributed by atoms with van der Waals surface area (Å²) < 4.78 is 4.91. The van der Waals surface area contributed by atoms with E-state index in [0.29, 0.717) is 13.2 Å². The number of ether oxygens (including phenoxy) is 1. The quantitative estimate of drug-likeness (QED) is 0.627. The first-order valence-corrected chi connectivity index (χ1v) is 11.0. The van der Waals surface area contributed by atoms with Crippen LogP contribution in [-0.2, 0) is 27.3 Å². The van der Waals surface area contributed by atoms with Gasteiger partial charge < -0.3 is 15.0 Å². The summed E-state index contributed by atoms with van der Waals surface area (Å²) >= 11 is 0. The minimum absolute atomic E-state index is 0.0658. The Hall–Kier alpha value is -2.86. The van der Waals surface area contributed by atoms with Crippen molar-refractivity contribution < 1.29 is 14.3 Å². The van der Waals surface area contributed by atoms with Crippen LogP contribution in [0.4, 0.5) is 5.69 Å². The molecule has 0 spiro atoms. The molecule has 6 heteroatoms. The summed E-state index contributed by atoms with van der Waals surface area (Å²) in [4.78, 5) is 28.4. The second-order valence-electron chi connectivity index (χ2n) is 8.10. The van der Waals surface area contributed by atoms with Gasteiger partial charge in [-0.2, -0.15) is 0 Å². The van der Waals surface area contributed by atoms with Gasteiger partial charge in [-0.3, -0.25) is 14.5 Å². The van der Waals surface area contributed by atoms with E-state index in [9.17, 15) is 9.59 Å². The van der Waals surface area contributed by atoms with E-state index < -0.39 is 0 Å². The second kappa shape index (κ2) is 11.0. The van der Waals surface area contributed by atoms with Crippen LogP contribution in [-0.4, -0.2) is 50.6 Å². The van der Waals surface area contributed by atoms with E-state index in [0.717, 1.165) is 25.2 Å². The molecule has 31 heavy (non-hydrogen) atoms. The van der Waals surface area contributed by atoms with Gasteiger partial charge in [0.15, 0.2) is 0 Å². The molecule has 2 aromatic rings. The molecule has 0 radical (unpaired) electrons. The van der Waals surface area contributed by atoms with E-state index in [4.69, 9.17) is 4.74 Å². The number of anilines is 1. The molecule has 1 aliphatic rings. The fourth-order valence-electron chi connectivity index (χ4n) is 3.98. The molecular weight excluding hydrogens is 390 g/mol. The molecule has 1 aliphatic heterocycles. The number of nitrogens with one attached hydrogen (secondary N) is 1. The third-order valence-electron chi connectivity index (χ3n) is 5.75. The molecule has 6 nitrogen and oxygen atoms in total. The SMILES string of the molecule is CCOC(=O)CCC(=O)NCC(c1ccc(N(C)C)cc1)N1CCc2ccccc2C1. The number of benzene rings is 2. The van der Waals surface area contributed by atoms with Crippen molar-refractivity contribution in [2.24, 2.45) is 0 Å². The van der Waals surface area contributed by atoms with Crippen molar-refractivity contribution in [1.29, 1.82) is 0 Å². The molecule has 0 aliphatic carbocycles. The van der Waals surface area contributed by atoms with E-state index in [2.05, 4.69) is 63.6 Å². The van der Waals surface area contributed by atoms with Gasteiger partial charge in [0.05, 0.1) is 19.1 Å². The Morgan fingerprint density at radius 1 is 1.06 bits per heavy atom. The van der Waals surface area contributed by atoms with Crippen LogP contribution in [0.15, 0.2) is 48.5 Å². The first-order valence-electron chi connectivity index (χ1n) is 11.0. The number of esters is 1. The smallest absolute Gasteiger partial charge is 0.306 e. The lowest BCUT2D eigenvalue weighted by Crippen LogP contribution is -2.40. The van der Waals surface area contributed by atoms with E-state index in [-0.39, 0.29) is 30.8 Å². The van der Waals surface area contributed by atoms with Crippen LogP contribution in [0.3, 0.4) is 0 Å². The largest absolute Gasteiger partial charge is 0.466 e. The first-order chi connectivity index (χ1) is 15.0. The predicted molar refractivity (Wildman–Crippen MR) is 123 cm³/mol. The molecule has 1 unspecified atom stereocenters. The molecule has 0 saturated heterocycles. The molecule has 0 fully saturated rings. The van der Waals surface area contributed by atoms with Gasteiger partial charge in [-0.1, -0.05) is 36.4 Å². The van der Waals surface area contributed by atoms with Gasteiger partial charge in [-0.05, 0) is 42.2 Å². The number of hydrogen-bond acceptors (Lipinski definition) is 5. The minimum Gasteiger partial charge on any atom is -0.466 e. The normalized spacial score (nSPS) is 14.4. The van der Waals surface area contributed by atoms with Crippen molar-refractivity contribution in [3.8, 4) is 0 Å². The highest BCUT2D eigenvalue weighted by Crippen LogP contribution is 2.28. The number of carbonyl (C=O) groups excluding carboxylic acids is 2. The average Bonchev–Trinajstić information content (AvgIpc) is 2.78.